The number of fused-ring (bicyclic) bond motifs is 1. The molecule has 2 fully saturated rings. The number of hydrogen-bond acceptors (Lipinski definition) is 8. The van der Waals surface area contributed by atoms with Gasteiger partial charge in [0, 0.05) is 36.2 Å². The maximum absolute atomic E-state index is 14.6. The van der Waals surface area contributed by atoms with E-state index in [1.165, 1.54) is 24.3 Å². The van der Waals surface area contributed by atoms with E-state index in [-0.39, 0.29) is 45.0 Å². The Bertz CT molecular complexity index is 1460. The van der Waals surface area contributed by atoms with Crippen LogP contribution in [0.1, 0.15) is 33.6 Å². The monoisotopic (exact) mass is 518 g/mol. The van der Waals surface area contributed by atoms with Crippen LogP contribution in [0.2, 0.25) is 5.02 Å². The van der Waals surface area contributed by atoms with Crippen LogP contribution in [-0.2, 0) is 5.41 Å². The molecule has 1 saturated heterocycles. The molecule has 0 spiro atoms. The van der Waals surface area contributed by atoms with Gasteiger partial charge in [0.25, 0.3) is 5.91 Å². The van der Waals surface area contributed by atoms with E-state index < -0.39 is 5.91 Å². The summed E-state index contributed by atoms with van der Waals surface area (Å²) in [4.78, 5) is 22.8. The fraction of sp³-hybridized carbons (Fsp3) is 0.269. The lowest BCUT2D eigenvalue weighted by Gasteiger charge is -2.27. The normalized spacial score (nSPS) is 22.1. The van der Waals surface area contributed by atoms with E-state index in [1.54, 1.807) is 18.5 Å². The molecular weight excluding hydrogens is 495 g/mol. The number of nitrogen functional groups attached to an aromatic ring is 1. The first kappa shape index (κ1) is 24.6. The number of piperidine rings is 1. The third-order valence-electron chi connectivity index (χ3n) is 7.56. The fourth-order valence-electron chi connectivity index (χ4n) is 5.68. The number of benzene rings is 2. The standard InChI is InChI=1S/C26H24ClFN8O/c27-19-9-14(25(37)34-13-30)5-6-15(19)22(31)23-24(32)35-21(10-33-23)36-8-7-16-18(11-36)26(16,12-29)17-3-1-2-4-20(17)28/h1-6,9-10,16,18,31H,7-8,11-12,29H2,(H2,32,35)(H,34,37)/t16-,18+,26-/m1/s1. The fourth-order valence-corrected chi connectivity index (χ4v) is 5.96. The van der Waals surface area contributed by atoms with Crippen LogP contribution in [-0.4, -0.2) is 41.2 Å². The molecule has 9 nitrogen and oxygen atoms in total. The quantitative estimate of drug-likeness (QED) is 0.222. The minimum absolute atomic E-state index is 0.0450. The summed E-state index contributed by atoms with van der Waals surface area (Å²) in [6, 6.07) is 11.2. The second kappa shape index (κ2) is 9.42. The lowest BCUT2D eigenvalue weighted by atomic mass is 9.91. The van der Waals surface area contributed by atoms with E-state index in [4.69, 9.17) is 33.7 Å². The molecule has 0 radical (unpaired) electrons. The van der Waals surface area contributed by atoms with E-state index in [0.29, 0.717) is 42.5 Å². The maximum atomic E-state index is 14.6. The first-order valence-electron chi connectivity index (χ1n) is 11.7. The number of nitrogens with one attached hydrogen (secondary N) is 2. The first-order chi connectivity index (χ1) is 17.8. The van der Waals surface area contributed by atoms with Crippen molar-refractivity contribution in [3.63, 3.8) is 0 Å². The molecule has 0 bridgehead atoms. The molecule has 1 aliphatic heterocycles. The first-order valence-corrected chi connectivity index (χ1v) is 12.1. The van der Waals surface area contributed by atoms with Crippen molar-refractivity contribution in [1.82, 2.24) is 15.3 Å². The molecule has 2 aliphatic rings. The molecule has 2 heterocycles. The van der Waals surface area contributed by atoms with Crippen LogP contribution in [0.15, 0.2) is 48.7 Å². The number of nitriles is 1. The van der Waals surface area contributed by atoms with Gasteiger partial charge < -0.3 is 16.4 Å². The summed E-state index contributed by atoms with van der Waals surface area (Å²) in [7, 11) is 0. The Kier molecular flexibility index (Phi) is 6.27. The van der Waals surface area contributed by atoms with Gasteiger partial charge in [-0.1, -0.05) is 35.9 Å². The summed E-state index contributed by atoms with van der Waals surface area (Å²) < 4.78 is 14.6. The van der Waals surface area contributed by atoms with Gasteiger partial charge in [0.15, 0.2) is 12.0 Å². The van der Waals surface area contributed by atoms with Crippen LogP contribution >= 0.6 is 11.6 Å². The summed E-state index contributed by atoms with van der Waals surface area (Å²) >= 11 is 6.31. The maximum Gasteiger partial charge on any atom is 0.264 e. The highest BCUT2D eigenvalue weighted by Crippen LogP contribution is 2.63. The van der Waals surface area contributed by atoms with Crippen LogP contribution in [0, 0.1) is 34.5 Å². The minimum atomic E-state index is -0.598. The summed E-state index contributed by atoms with van der Waals surface area (Å²) in [6.07, 6.45) is 3.98. The number of amides is 1. The largest absolute Gasteiger partial charge is 0.382 e. The van der Waals surface area contributed by atoms with Crippen molar-refractivity contribution >= 4 is 34.9 Å². The summed E-state index contributed by atoms with van der Waals surface area (Å²) in [6.45, 7) is 1.73. The molecule has 5 rings (SSSR count). The predicted molar refractivity (Wildman–Crippen MR) is 138 cm³/mol. The average Bonchev–Trinajstić information content (AvgIpc) is 3.56. The molecule has 188 valence electrons. The Morgan fingerprint density at radius 3 is 2.78 bits per heavy atom. The van der Waals surface area contributed by atoms with Gasteiger partial charge in [-0.2, -0.15) is 5.26 Å². The minimum Gasteiger partial charge on any atom is -0.382 e. The highest BCUT2D eigenvalue weighted by Gasteiger charge is 2.66. The molecule has 1 aliphatic carbocycles. The third-order valence-corrected chi connectivity index (χ3v) is 7.87. The third kappa shape index (κ3) is 4.06. The number of nitrogens with two attached hydrogens (primary N) is 2. The van der Waals surface area contributed by atoms with Crippen molar-refractivity contribution in [2.45, 2.75) is 11.8 Å². The smallest absolute Gasteiger partial charge is 0.264 e. The Hall–Kier alpha value is -4.07. The van der Waals surface area contributed by atoms with Crippen molar-refractivity contribution in [3.8, 4) is 6.19 Å². The molecule has 6 N–H and O–H groups in total. The number of aromatic nitrogens is 2. The Labute approximate surface area is 217 Å². The van der Waals surface area contributed by atoms with E-state index in [9.17, 15) is 9.18 Å². The highest BCUT2D eigenvalue weighted by molar-refractivity contribution is 6.35. The summed E-state index contributed by atoms with van der Waals surface area (Å²) in [5.74, 6) is 0.330. The lowest BCUT2D eigenvalue weighted by Crippen LogP contribution is -2.33. The number of hydrogen-bond donors (Lipinski definition) is 4. The second-order valence-corrected chi connectivity index (χ2v) is 9.68. The van der Waals surface area contributed by atoms with Gasteiger partial charge in [-0.15, -0.1) is 0 Å². The molecule has 37 heavy (non-hydrogen) atoms. The average molecular weight is 519 g/mol. The number of carbonyl (C=O) groups is 1. The van der Waals surface area contributed by atoms with Crippen LogP contribution < -0.4 is 21.7 Å². The Morgan fingerprint density at radius 2 is 2.11 bits per heavy atom. The number of rotatable bonds is 6. The van der Waals surface area contributed by atoms with Crippen LogP contribution in [0.3, 0.4) is 0 Å². The molecule has 11 heteroatoms. The molecule has 1 aromatic heterocycles. The summed E-state index contributed by atoms with van der Waals surface area (Å²) in [5.41, 5.74) is 13.3. The van der Waals surface area contributed by atoms with E-state index in [0.717, 1.165) is 6.42 Å². The Morgan fingerprint density at radius 1 is 1.32 bits per heavy atom. The highest BCUT2D eigenvalue weighted by atomic mass is 35.5. The molecular formula is C26H24ClFN8O. The molecule has 3 aromatic rings. The molecule has 3 atom stereocenters. The summed E-state index contributed by atoms with van der Waals surface area (Å²) in [5, 5.41) is 19.4. The number of nitrogens with zero attached hydrogens (tertiary/aromatic N) is 4. The van der Waals surface area contributed by atoms with Crippen molar-refractivity contribution in [2.24, 2.45) is 17.6 Å². The van der Waals surface area contributed by atoms with Crippen molar-refractivity contribution in [3.05, 3.63) is 81.9 Å². The zero-order valence-corrected chi connectivity index (χ0v) is 20.5. The van der Waals surface area contributed by atoms with Crippen molar-refractivity contribution < 1.29 is 9.18 Å². The molecule has 2 aromatic carbocycles. The second-order valence-electron chi connectivity index (χ2n) is 9.27. The van der Waals surface area contributed by atoms with Crippen LogP contribution in [0.4, 0.5) is 16.0 Å². The Balaban J connectivity index is 1.35. The number of halogens is 2. The van der Waals surface area contributed by atoms with Crippen molar-refractivity contribution in [1.29, 1.82) is 10.7 Å². The predicted octanol–water partition coefficient (Wildman–Crippen LogP) is 2.83. The SMILES string of the molecule is N#CNC(=O)c1ccc(C(=N)c2ncc(N3CC[C@@H]4[C@H](C3)[C@@]4(CN)c3ccccc3F)nc2N)c(Cl)c1. The zero-order chi connectivity index (χ0) is 26.3. The number of carbonyl (C=O) groups excluding carboxylic acids is 1. The lowest BCUT2D eigenvalue weighted by molar-refractivity contribution is 0.0973. The van der Waals surface area contributed by atoms with Gasteiger partial charge >= 0.3 is 0 Å². The number of anilines is 2. The van der Waals surface area contributed by atoms with E-state index in [1.807, 2.05) is 17.4 Å². The van der Waals surface area contributed by atoms with Gasteiger partial charge in [-0.3, -0.25) is 15.5 Å². The molecule has 1 saturated carbocycles. The van der Waals surface area contributed by atoms with E-state index >= 15 is 0 Å². The van der Waals surface area contributed by atoms with Gasteiger partial charge in [-0.05, 0) is 42.0 Å². The van der Waals surface area contributed by atoms with Gasteiger partial charge in [0.2, 0.25) is 0 Å². The van der Waals surface area contributed by atoms with Gasteiger partial charge in [-0.25, -0.2) is 14.4 Å². The van der Waals surface area contributed by atoms with Crippen molar-refractivity contribution in [2.75, 3.05) is 30.3 Å². The molecule has 1 amide bonds. The van der Waals surface area contributed by atoms with E-state index in [2.05, 4.69) is 14.9 Å². The van der Waals surface area contributed by atoms with Gasteiger partial charge in [0.05, 0.1) is 16.9 Å². The van der Waals surface area contributed by atoms with Crippen LogP contribution in [0.5, 0.6) is 0 Å². The zero-order valence-electron chi connectivity index (χ0n) is 19.7. The topological polar surface area (TPSA) is 158 Å². The van der Waals surface area contributed by atoms with Crippen LogP contribution in [0.25, 0.3) is 0 Å². The van der Waals surface area contributed by atoms with Gasteiger partial charge in [0.1, 0.15) is 17.3 Å². The molecule has 0 unspecified atom stereocenters.